The number of aromatic nitrogens is 2. The Balaban J connectivity index is 2.01. The molecule has 7 nitrogen and oxygen atoms in total. The van der Waals surface area contributed by atoms with Crippen LogP contribution in [0.5, 0.6) is 0 Å². The van der Waals surface area contributed by atoms with Gasteiger partial charge in [0.05, 0.1) is 30.2 Å². The second-order valence-corrected chi connectivity index (χ2v) is 8.09. The molecule has 2 rings (SSSR count). The summed E-state index contributed by atoms with van der Waals surface area (Å²) >= 11 is 0. The van der Waals surface area contributed by atoms with Crippen LogP contribution in [0.1, 0.15) is 64.5 Å². The van der Waals surface area contributed by atoms with E-state index in [1.807, 2.05) is 13.8 Å². The Morgan fingerprint density at radius 1 is 1.33 bits per heavy atom. The number of nitrogens with zero attached hydrogens (tertiary/aromatic N) is 1. The molecule has 1 aromatic heterocycles. The highest BCUT2D eigenvalue weighted by atomic mass is 16.3. The molecule has 1 aromatic rings. The van der Waals surface area contributed by atoms with Gasteiger partial charge in [-0.05, 0) is 18.3 Å². The predicted octanol–water partition coefficient (Wildman–Crippen LogP) is 1.50. The first kappa shape index (κ1) is 21.9. The van der Waals surface area contributed by atoms with Crippen molar-refractivity contribution in [1.82, 2.24) is 15.3 Å². The van der Waals surface area contributed by atoms with Crippen LogP contribution in [0.2, 0.25) is 0 Å². The van der Waals surface area contributed by atoms with Crippen LogP contribution in [-0.4, -0.2) is 50.4 Å². The monoisotopic (exact) mass is 380 g/mol. The van der Waals surface area contributed by atoms with Gasteiger partial charge in [0, 0.05) is 12.6 Å². The summed E-state index contributed by atoms with van der Waals surface area (Å²) in [6.07, 6.45) is 9.02. The van der Waals surface area contributed by atoms with Gasteiger partial charge in [-0.1, -0.05) is 52.4 Å². The van der Waals surface area contributed by atoms with Crippen molar-refractivity contribution < 1.29 is 15.0 Å². The van der Waals surface area contributed by atoms with E-state index < -0.39 is 24.3 Å². The van der Waals surface area contributed by atoms with Crippen LogP contribution in [-0.2, 0) is 11.2 Å². The standard InChI is InChI=1S/C20H36N4O3/c1-3-13(2)18(25)19(26)17(9-14-7-5-4-6-8-14)24-20(27)16(21)10-15-11-22-12-23-15/h11-14,16-19,25-26H,3-10,21H2,1-2H3,(H,22,23)(H,24,27)/t13-,16-,17-,18+,19?/m0/s1. The van der Waals surface area contributed by atoms with Gasteiger partial charge in [-0.2, -0.15) is 0 Å². The smallest absolute Gasteiger partial charge is 0.237 e. The van der Waals surface area contributed by atoms with Crippen molar-refractivity contribution in [3.63, 3.8) is 0 Å². The highest BCUT2D eigenvalue weighted by Gasteiger charge is 2.33. The largest absolute Gasteiger partial charge is 0.390 e. The summed E-state index contributed by atoms with van der Waals surface area (Å²) < 4.78 is 0. The Kier molecular flexibility index (Phi) is 8.73. The molecule has 1 heterocycles. The van der Waals surface area contributed by atoms with E-state index in [-0.39, 0.29) is 11.8 Å². The SMILES string of the molecule is CC[C@H](C)[C@@H](O)C(O)[C@H](CC1CCCCC1)NC(=O)[C@@H](N)Cc1c[nH]cn1. The maximum atomic E-state index is 12.6. The maximum absolute atomic E-state index is 12.6. The molecule has 1 fully saturated rings. The van der Waals surface area contributed by atoms with E-state index in [1.165, 1.54) is 19.3 Å². The quantitative estimate of drug-likeness (QED) is 0.421. The van der Waals surface area contributed by atoms with Crippen molar-refractivity contribution in [2.75, 3.05) is 0 Å². The number of aromatic amines is 1. The summed E-state index contributed by atoms with van der Waals surface area (Å²) in [7, 11) is 0. The molecular formula is C20H36N4O3. The minimum atomic E-state index is -0.997. The first-order valence-corrected chi connectivity index (χ1v) is 10.3. The van der Waals surface area contributed by atoms with Crippen molar-refractivity contribution in [2.45, 2.75) is 89.5 Å². The Bertz CT molecular complexity index is 545. The lowest BCUT2D eigenvalue weighted by Crippen LogP contribution is -2.54. The van der Waals surface area contributed by atoms with Gasteiger partial charge in [-0.3, -0.25) is 4.79 Å². The minimum absolute atomic E-state index is 0.0384. The number of rotatable bonds is 10. The van der Waals surface area contributed by atoms with Gasteiger partial charge >= 0.3 is 0 Å². The third-order valence-corrected chi connectivity index (χ3v) is 5.95. The first-order chi connectivity index (χ1) is 12.9. The molecule has 0 spiro atoms. The molecule has 1 aliphatic carbocycles. The highest BCUT2D eigenvalue weighted by Crippen LogP contribution is 2.29. The lowest BCUT2D eigenvalue weighted by Gasteiger charge is -2.34. The molecule has 0 saturated heterocycles. The first-order valence-electron chi connectivity index (χ1n) is 10.3. The summed E-state index contributed by atoms with van der Waals surface area (Å²) in [5.74, 6) is 0.114. The number of imidazole rings is 1. The van der Waals surface area contributed by atoms with Crippen molar-refractivity contribution in [3.05, 3.63) is 18.2 Å². The second kappa shape index (κ2) is 10.8. The molecule has 7 heteroatoms. The molecule has 1 unspecified atom stereocenters. The van der Waals surface area contributed by atoms with E-state index in [4.69, 9.17) is 5.73 Å². The third kappa shape index (κ3) is 6.59. The lowest BCUT2D eigenvalue weighted by atomic mass is 9.81. The van der Waals surface area contributed by atoms with E-state index in [9.17, 15) is 15.0 Å². The molecule has 27 heavy (non-hydrogen) atoms. The number of aliphatic hydroxyl groups is 2. The number of H-pyrrole nitrogens is 1. The van der Waals surface area contributed by atoms with Crippen molar-refractivity contribution in [3.8, 4) is 0 Å². The van der Waals surface area contributed by atoms with Gasteiger partial charge in [0.25, 0.3) is 0 Å². The number of amides is 1. The van der Waals surface area contributed by atoms with E-state index >= 15 is 0 Å². The van der Waals surface area contributed by atoms with Gasteiger partial charge in [0.2, 0.25) is 5.91 Å². The maximum Gasteiger partial charge on any atom is 0.237 e. The number of aliphatic hydroxyl groups excluding tert-OH is 2. The zero-order valence-electron chi connectivity index (χ0n) is 16.6. The summed E-state index contributed by atoms with van der Waals surface area (Å²) in [6, 6.07) is -1.23. The van der Waals surface area contributed by atoms with Gasteiger partial charge in [0.15, 0.2) is 0 Å². The molecule has 0 aromatic carbocycles. The Morgan fingerprint density at radius 3 is 2.63 bits per heavy atom. The number of nitrogens with two attached hydrogens (primary N) is 1. The molecular weight excluding hydrogens is 344 g/mol. The summed E-state index contributed by atoms with van der Waals surface area (Å²) in [5.41, 5.74) is 6.77. The van der Waals surface area contributed by atoms with Crippen molar-refractivity contribution in [1.29, 1.82) is 0 Å². The molecule has 1 aliphatic rings. The normalized spacial score (nSPS) is 21.2. The van der Waals surface area contributed by atoms with Crippen LogP contribution in [0, 0.1) is 11.8 Å². The Labute approximate surface area is 162 Å². The average molecular weight is 381 g/mol. The molecule has 0 aliphatic heterocycles. The van der Waals surface area contributed by atoms with E-state index in [0.717, 1.165) is 25.0 Å². The number of carbonyl (C=O) groups excluding carboxylic acids is 1. The van der Waals surface area contributed by atoms with Crippen LogP contribution >= 0.6 is 0 Å². The molecule has 154 valence electrons. The molecule has 1 amide bonds. The zero-order chi connectivity index (χ0) is 19.8. The van der Waals surface area contributed by atoms with E-state index in [1.54, 1.807) is 12.5 Å². The fraction of sp³-hybridized carbons (Fsp3) is 0.800. The molecule has 0 bridgehead atoms. The number of nitrogens with one attached hydrogen (secondary N) is 2. The van der Waals surface area contributed by atoms with Crippen LogP contribution in [0.25, 0.3) is 0 Å². The van der Waals surface area contributed by atoms with Gasteiger partial charge in [0.1, 0.15) is 6.10 Å². The van der Waals surface area contributed by atoms with E-state index in [0.29, 0.717) is 18.8 Å². The summed E-state index contributed by atoms with van der Waals surface area (Å²) in [6.45, 7) is 3.89. The Hall–Kier alpha value is -1.44. The molecule has 5 atom stereocenters. The summed E-state index contributed by atoms with van der Waals surface area (Å²) in [4.78, 5) is 19.6. The van der Waals surface area contributed by atoms with E-state index in [2.05, 4.69) is 15.3 Å². The van der Waals surface area contributed by atoms with Gasteiger partial charge in [-0.15, -0.1) is 0 Å². The fourth-order valence-electron chi connectivity index (χ4n) is 3.89. The minimum Gasteiger partial charge on any atom is -0.390 e. The molecule has 1 saturated carbocycles. The number of hydrogen-bond donors (Lipinski definition) is 5. The van der Waals surface area contributed by atoms with Gasteiger partial charge < -0.3 is 26.2 Å². The Morgan fingerprint density at radius 2 is 2.04 bits per heavy atom. The van der Waals surface area contributed by atoms with Crippen molar-refractivity contribution in [2.24, 2.45) is 17.6 Å². The lowest BCUT2D eigenvalue weighted by molar-refractivity contribution is -0.125. The topological polar surface area (TPSA) is 124 Å². The third-order valence-electron chi connectivity index (χ3n) is 5.95. The average Bonchev–Trinajstić information content (AvgIpc) is 3.19. The summed E-state index contributed by atoms with van der Waals surface area (Å²) in [5, 5.41) is 24.2. The molecule has 6 N–H and O–H groups in total. The van der Waals surface area contributed by atoms with Crippen LogP contribution < -0.4 is 11.1 Å². The fourth-order valence-corrected chi connectivity index (χ4v) is 3.89. The van der Waals surface area contributed by atoms with Crippen LogP contribution in [0.3, 0.4) is 0 Å². The second-order valence-electron chi connectivity index (χ2n) is 8.09. The number of hydrogen-bond acceptors (Lipinski definition) is 5. The number of carbonyl (C=O) groups is 1. The van der Waals surface area contributed by atoms with Gasteiger partial charge in [-0.25, -0.2) is 4.98 Å². The van der Waals surface area contributed by atoms with Crippen LogP contribution in [0.15, 0.2) is 12.5 Å². The zero-order valence-corrected chi connectivity index (χ0v) is 16.6. The molecule has 0 radical (unpaired) electrons. The van der Waals surface area contributed by atoms with Crippen LogP contribution in [0.4, 0.5) is 0 Å². The highest BCUT2D eigenvalue weighted by molar-refractivity contribution is 5.82. The predicted molar refractivity (Wildman–Crippen MR) is 105 cm³/mol. The van der Waals surface area contributed by atoms with Crippen molar-refractivity contribution >= 4 is 5.91 Å².